The van der Waals surface area contributed by atoms with Crippen LogP contribution in [0.2, 0.25) is 0 Å². The molecular formula is C20H27N3O6S. The molecule has 3 amide bonds. The third-order valence-corrected chi connectivity index (χ3v) is 7.02. The topological polar surface area (TPSA) is 104 Å². The highest BCUT2D eigenvalue weighted by atomic mass is 32.2. The van der Waals surface area contributed by atoms with Crippen molar-refractivity contribution in [3.63, 3.8) is 0 Å². The Morgan fingerprint density at radius 3 is 2.37 bits per heavy atom. The molecule has 9 nitrogen and oxygen atoms in total. The van der Waals surface area contributed by atoms with E-state index in [4.69, 9.17) is 4.74 Å². The molecule has 2 aliphatic heterocycles. The predicted molar refractivity (Wildman–Crippen MR) is 110 cm³/mol. The molecule has 2 saturated heterocycles. The van der Waals surface area contributed by atoms with E-state index >= 15 is 0 Å². The van der Waals surface area contributed by atoms with Crippen LogP contribution in [0.3, 0.4) is 0 Å². The van der Waals surface area contributed by atoms with Crippen LogP contribution in [0.1, 0.15) is 40.0 Å². The Morgan fingerprint density at radius 2 is 1.80 bits per heavy atom. The molecule has 1 aromatic rings. The first-order chi connectivity index (χ1) is 14.1. The Labute approximate surface area is 176 Å². The average Bonchev–Trinajstić information content (AvgIpc) is 3.00. The number of ether oxygens (including phenoxy) is 1. The average molecular weight is 438 g/mol. The third kappa shape index (κ3) is 4.34. The Hall–Kier alpha value is -2.46. The Kier molecular flexibility index (Phi) is 6.47. The number of amides is 3. The monoisotopic (exact) mass is 437 g/mol. The van der Waals surface area contributed by atoms with Crippen molar-refractivity contribution in [2.24, 2.45) is 0 Å². The molecule has 0 aliphatic carbocycles. The van der Waals surface area contributed by atoms with Crippen molar-refractivity contribution in [3.8, 4) is 5.75 Å². The Bertz CT molecular complexity index is 953. The van der Waals surface area contributed by atoms with Crippen LogP contribution < -0.4 is 9.64 Å². The number of piperidine rings is 1. The van der Waals surface area contributed by atoms with Crippen LogP contribution in [0, 0.1) is 0 Å². The fraction of sp³-hybridized carbons (Fsp3) is 0.550. The molecule has 0 saturated carbocycles. The largest absolute Gasteiger partial charge is 0.484 e. The first kappa shape index (κ1) is 22.2. The Balaban J connectivity index is 1.99. The van der Waals surface area contributed by atoms with Crippen LogP contribution in [0.5, 0.6) is 5.75 Å². The molecule has 3 rings (SSSR count). The minimum absolute atomic E-state index is 0.0328. The number of Topliss-reactive ketones (excluding diaryl/α,β-unsaturated/α-hetero) is 1. The van der Waals surface area contributed by atoms with Gasteiger partial charge < -0.3 is 4.74 Å². The van der Waals surface area contributed by atoms with E-state index in [1.54, 1.807) is 13.8 Å². The molecule has 0 bridgehead atoms. The number of hydrogen-bond acceptors (Lipinski definition) is 6. The number of benzene rings is 1. The minimum atomic E-state index is -3.72. The van der Waals surface area contributed by atoms with E-state index in [1.807, 2.05) is 0 Å². The van der Waals surface area contributed by atoms with Gasteiger partial charge in [-0.1, -0.05) is 6.42 Å². The van der Waals surface area contributed by atoms with Crippen molar-refractivity contribution in [2.75, 3.05) is 31.1 Å². The molecule has 30 heavy (non-hydrogen) atoms. The van der Waals surface area contributed by atoms with Crippen LogP contribution in [-0.2, 0) is 19.6 Å². The Morgan fingerprint density at radius 1 is 1.13 bits per heavy atom. The lowest BCUT2D eigenvalue weighted by molar-refractivity contribution is -0.126. The molecule has 10 heteroatoms. The van der Waals surface area contributed by atoms with Gasteiger partial charge in [0.05, 0.1) is 10.6 Å². The van der Waals surface area contributed by atoms with E-state index < -0.39 is 16.1 Å². The summed E-state index contributed by atoms with van der Waals surface area (Å²) in [6.07, 6.45) is 2.61. The molecule has 0 radical (unpaired) electrons. The molecule has 0 aromatic heterocycles. The van der Waals surface area contributed by atoms with E-state index in [9.17, 15) is 22.8 Å². The summed E-state index contributed by atoms with van der Waals surface area (Å²) in [4.78, 5) is 38.9. The smallest absolute Gasteiger partial charge is 0.332 e. The van der Waals surface area contributed by atoms with Crippen molar-refractivity contribution in [1.29, 1.82) is 0 Å². The summed E-state index contributed by atoms with van der Waals surface area (Å²) < 4.78 is 33.0. The van der Waals surface area contributed by atoms with Crippen molar-refractivity contribution >= 4 is 33.4 Å². The summed E-state index contributed by atoms with van der Waals surface area (Å²) >= 11 is 0. The highest BCUT2D eigenvalue weighted by molar-refractivity contribution is 7.89. The fourth-order valence-electron chi connectivity index (χ4n) is 3.64. The van der Waals surface area contributed by atoms with Crippen molar-refractivity contribution < 1.29 is 27.5 Å². The van der Waals surface area contributed by atoms with E-state index in [0.29, 0.717) is 13.1 Å². The number of carbonyl (C=O) groups excluding carboxylic acids is 3. The number of anilines is 1. The lowest BCUT2D eigenvalue weighted by Gasteiger charge is -2.27. The highest BCUT2D eigenvalue weighted by Crippen LogP contribution is 2.35. The minimum Gasteiger partial charge on any atom is -0.484 e. The SMILES string of the molecule is CC(=O)COc1cc(S(=O)(=O)N2CCCCC2)ccc1N1CC(=O)N(C(C)C)C1=O. The molecule has 164 valence electrons. The van der Waals surface area contributed by atoms with Gasteiger partial charge in [0.1, 0.15) is 18.9 Å². The zero-order valence-corrected chi connectivity index (χ0v) is 18.3. The van der Waals surface area contributed by atoms with Crippen LogP contribution in [0.4, 0.5) is 10.5 Å². The summed E-state index contributed by atoms with van der Waals surface area (Å²) in [5.74, 6) is -0.523. The molecule has 0 N–H and O–H groups in total. The van der Waals surface area contributed by atoms with Crippen LogP contribution >= 0.6 is 0 Å². The maximum absolute atomic E-state index is 13.0. The highest BCUT2D eigenvalue weighted by Gasteiger charge is 2.40. The molecular weight excluding hydrogens is 410 g/mol. The lowest BCUT2D eigenvalue weighted by Crippen LogP contribution is -2.38. The van der Waals surface area contributed by atoms with Gasteiger partial charge in [0.15, 0.2) is 5.78 Å². The van der Waals surface area contributed by atoms with Gasteiger partial charge in [-0.15, -0.1) is 0 Å². The quantitative estimate of drug-likeness (QED) is 0.605. The zero-order chi connectivity index (χ0) is 22.1. The number of urea groups is 1. The number of imide groups is 1. The van der Waals surface area contributed by atoms with E-state index in [1.165, 1.54) is 34.3 Å². The van der Waals surface area contributed by atoms with Crippen molar-refractivity contribution in [3.05, 3.63) is 18.2 Å². The summed E-state index contributed by atoms with van der Waals surface area (Å²) in [7, 11) is -3.72. The number of ketones is 1. The number of rotatable bonds is 7. The molecule has 1 aromatic carbocycles. The first-order valence-electron chi connectivity index (χ1n) is 10.0. The van der Waals surface area contributed by atoms with Crippen molar-refractivity contribution in [2.45, 2.75) is 51.0 Å². The molecule has 0 atom stereocenters. The summed E-state index contributed by atoms with van der Waals surface area (Å²) in [6, 6.07) is 3.39. The lowest BCUT2D eigenvalue weighted by atomic mass is 10.2. The predicted octanol–water partition coefficient (Wildman–Crippen LogP) is 2.01. The van der Waals surface area contributed by atoms with E-state index in [0.717, 1.165) is 24.2 Å². The summed E-state index contributed by atoms with van der Waals surface area (Å²) in [5, 5.41) is 0. The molecule has 0 unspecified atom stereocenters. The van der Waals surface area contributed by atoms with Gasteiger partial charge in [0, 0.05) is 25.2 Å². The molecule has 2 aliphatic rings. The number of sulfonamides is 1. The second kappa shape index (κ2) is 8.73. The zero-order valence-electron chi connectivity index (χ0n) is 17.5. The third-order valence-electron chi connectivity index (χ3n) is 5.12. The molecule has 2 heterocycles. The van der Waals surface area contributed by atoms with Gasteiger partial charge in [-0.2, -0.15) is 4.31 Å². The maximum atomic E-state index is 13.0. The normalized spacial score (nSPS) is 18.4. The maximum Gasteiger partial charge on any atom is 0.332 e. The standard InChI is InChI=1S/C20H27N3O6S/c1-14(2)23-19(25)12-22(20(23)26)17-8-7-16(11-18(17)29-13-15(3)24)30(27,28)21-9-5-4-6-10-21/h7-8,11,14H,4-6,9-10,12-13H2,1-3H3. The van der Waals surface area contributed by atoms with Crippen molar-refractivity contribution in [1.82, 2.24) is 9.21 Å². The number of carbonyl (C=O) groups is 3. The van der Waals surface area contributed by atoms with E-state index in [2.05, 4.69) is 0 Å². The van der Waals surface area contributed by atoms with Gasteiger partial charge >= 0.3 is 6.03 Å². The number of nitrogens with zero attached hydrogens (tertiary/aromatic N) is 3. The fourth-order valence-corrected chi connectivity index (χ4v) is 5.17. The molecule has 2 fully saturated rings. The van der Waals surface area contributed by atoms with Crippen LogP contribution in [0.15, 0.2) is 23.1 Å². The second-order valence-electron chi connectivity index (χ2n) is 7.81. The number of hydrogen-bond donors (Lipinski definition) is 0. The van der Waals surface area contributed by atoms with Gasteiger partial charge in [-0.05, 0) is 45.7 Å². The molecule has 0 spiro atoms. The first-order valence-corrected chi connectivity index (χ1v) is 11.5. The van der Waals surface area contributed by atoms with E-state index in [-0.39, 0.29) is 47.2 Å². The van der Waals surface area contributed by atoms with Crippen LogP contribution in [-0.4, -0.2) is 67.6 Å². The second-order valence-corrected chi connectivity index (χ2v) is 9.75. The summed E-state index contributed by atoms with van der Waals surface area (Å²) in [5.41, 5.74) is 0.260. The van der Waals surface area contributed by atoms with Gasteiger partial charge in [-0.3, -0.25) is 19.4 Å². The van der Waals surface area contributed by atoms with Gasteiger partial charge in [-0.25, -0.2) is 13.2 Å². The van der Waals surface area contributed by atoms with Gasteiger partial charge in [0.2, 0.25) is 10.0 Å². The summed E-state index contributed by atoms with van der Waals surface area (Å²) in [6.45, 7) is 5.28. The van der Waals surface area contributed by atoms with Crippen LogP contribution in [0.25, 0.3) is 0 Å². The van der Waals surface area contributed by atoms with Gasteiger partial charge in [0.25, 0.3) is 5.91 Å².